The van der Waals surface area contributed by atoms with Gasteiger partial charge in [-0.2, -0.15) is 0 Å². The molecule has 1 N–H and O–H groups in total. The molecule has 0 saturated carbocycles. The molecule has 6 nitrogen and oxygen atoms in total. The molecule has 4 rings (SSSR count). The molecule has 3 aromatic heterocycles. The maximum Gasteiger partial charge on any atom is 0.219 e. The Morgan fingerprint density at radius 3 is 2.73 bits per heavy atom. The van der Waals surface area contributed by atoms with Crippen LogP contribution in [0, 0.1) is 0 Å². The standard InChI is InChI=1S/C20H23N5O/c1-12-7-15(8-13(2)25(12)14(3)26)18-5-4-6-19(24-18)16-10-22-20-17(16)9-21-11-23-20/h4-6,9-13,15H,7-8H2,1-3H3,(H,21,22,23)/t12-,13+,15?. The third-order valence-electron chi connectivity index (χ3n) is 5.39. The van der Waals surface area contributed by atoms with Crippen LogP contribution in [0.3, 0.4) is 0 Å². The molecule has 6 heteroatoms. The van der Waals surface area contributed by atoms with E-state index < -0.39 is 0 Å². The van der Waals surface area contributed by atoms with Gasteiger partial charge < -0.3 is 9.88 Å². The Labute approximate surface area is 152 Å². The molecule has 1 fully saturated rings. The number of hydrogen-bond donors (Lipinski definition) is 1. The highest BCUT2D eigenvalue weighted by atomic mass is 16.2. The van der Waals surface area contributed by atoms with Crippen LogP contribution in [0.2, 0.25) is 0 Å². The predicted molar refractivity (Wildman–Crippen MR) is 101 cm³/mol. The van der Waals surface area contributed by atoms with Crippen molar-refractivity contribution < 1.29 is 4.79 Å². The number of rotatable bonds is 2. The molecule has 4 heterocycles. The summed E-state index contributed by atoms with van der Waals surface area (Å²) in [6.45, 7) is 5.92. The summed E-state index contributed by atoms with van der Waals surface area (Å²) in [5, 5.41) is 0.977. The summed E-state index contributed by atoms with van der Waals surface area (Å²) in [4.78, 5) is 30.4. The number of carbonyl (C=O) groups excluding carboxylic acids is 1. The van der Waals surface area contributed by atoms with Gasteiger partial charge in [-0.05, 0) is 38.8 Å². The molecule has 3 aromatic rings. The fourth-order valence-electron chi connectivity index (χ4n) is 4.34. The number of fused-ring (bicyclic) bond motifs is 1. The number of H-pyrrole nitrogens is 1. The first-order valence-electron chi connectivity index (χ1n) is 9.08. The van der Waals surface area contributed by atoms with Gasteiger partial charge in [0.1, 0.15) is 12.0 Å². The number of nitrogens with one attached hydrogen (secondary N) is 1. The molecule has 0 aliphatic carbocycles. The molecule has 1 aliphatic heterocycles. The van der Waals surface area contributed by atoms with Gasteiger partial charge in [0, 0.05) is 54.0 Å². The molecule has 0 radical (unpaired) electrons. The minimum absolute atomic E-state index is 0.156. The third-order valence-corrected chi connectivity index (χ3v) is 5.39. The Bertz CT molecular complexity index is 938. The smallest absolute Gasteiger partial charge is 0.219 e. The van der Waals surface area contributed by atoms with E-state index in [4.69, 9.17) is 4.98 Å². The summed E-state index contributed by atoms with van der Waals surface area (Å²) >= 11 is 0. The zero-order valence-electron chi connectivity index (χ0n) is 15.3. The minimum atomic E-state index is 0.156. The van der Waals surface area contributed by atoms with E-state index in [9.17, 15) is 4.79 Å². The fraction of sp³-hybridized carbons (Fsp3) is 0.400. The van der Waals surface area contributed by atoms with Crippen molar-refractivity contribution in [3.63, 3.8) is 0 Å². The van der Waals surface area contributed by atoms with Crippen LogP contribution in [-0.2, 0) is 4.79 Å². The Morgan fingerprint density at radius 2 is 2.00 bits per heavy atom. The zero-order chi connectivity index (χ0) is 18.3. The van der Waals surface area contributed by atoms with Crippen molar-refractivity contribution in [3.8, 4) is 11.3 Å². The highest BCUT2D eigenvalue weighted by Crippen LogP contribution is 2.35. The van der Waals surface area contributed by atoms with Crippen molar-refractivity contribution in [1.29, 1.82) is 0 Å². The third kappa shape index (κ3) is 2.85. The van der Waals surface area contributed by atoms with Crippen LogP contribution >= 0.6 is 0 Å². The highest BCUT2D eigenvalue weighted by molar-refractivity contribution is 5.91. The maximum absolute atomic E-state index is 11.9. The molecule has 0 bridgehead atoms. The fourth-order valence-corrected chi connectivity index (χ4v) is 4.34. The van der Waals surface area contributed by atoms with Crippen molar-refractivity contribution in [2.75, 3.05) is 0 Å². The predicted octanol–water partition coefficient (Wildman–Crippen LogP) is 3.52. The number of nitrogens with zero attached hydrogens (tertiary/aromatic N) is 4. The lowest BCUT2D eigenvalue weighted by Crippen LogP contribution is -2.48. The first kappa shape index (κ1) is 16.7. The number of hydrogen-bond acceptors (Lipinski definition) is 4. The van der Waals surface area contributed by atoms with Crippen molar-refractivity contribution in [3.05, 3.63) is 42.6 Å². The lowest BCUT2D eigenvalue weighted by Gasteiger charge is -2.42. The molecule has 1 amide bonds. The zero-order valence-corrected chi connectivity index (χ0v) is 15.3. The number of aromatic amines is 1. The molecule has 0 spiro atoms. The van der Waals surface area contributed by atoms with Gasteiger partial charge in [-0.1, -0.05) is 6.07 Å². The monoisotopic (exact) mass is 349 g/mol. The van der Waals surface area contributed by atoms with Gasteiger partial charge in [0.2, 0.25) is 5.91 Å². The van der Waals surface area contributed by atoms with Crippen LogP contribution in [0.5, 0.6) is 0 Å². The van der Waals surface area contributed by atoms with Crippen molar-refractivity contribution in [1.82, 2.24) is 24.8 Å². The highest BCUT2D eigenvalue weighted by Gasteiger charge is 2.33. The molecular formula is C20H23N5O. The minimum Gasteiger partial charge on any atom is -0.345 e. The molecule has 3 atom stereocenters. The largest absolute Gasteiger partial charge is 0.345 e. The normalized spacial score (nSPS) is 23.3. The van der Waals surface area contributed by atoms with Crippen LogP contribution in [0.25, 0.3) is 22.3 Å². The Hall–Kier alpha value is -2.76. The number of piperidine rings is 1. The number of aromatic nitrogens is 4. The SMILES string of the molecule is CC(=O)N1[C@H](C)CC(c2cccc(-c3c[nH]c4ncncc34)n2)C[C@@H]1C. The second kappa shape index (κ2) is 6.52. The molecule has 1 aliphatic rings. The molecule has 1 unspecified atom stereocenters. The molecule has 0 aromatic carbocycles. The summed E-state index contributed by atoms with van der Waals surface area (Å²) in [5.74, 6) is 0.515. The maximum atomic E-state index is 11.9. The second-order valence-corrected chi connectivity index (χ2v) is 7.23. The Balaban J connectivity index is 1.65. The number of pyridine rings is 1. The summed E-state index contributed by atoms with van der Waals surface area (Å²) in [5.41, 5.74) is 3.86. The van der Waals surface area contributed by atoms with Gasteiger partial charge in [-0.3, -0.25) is 9.78 Å². The van der Waals surface area contributed by atoms with E-state index in [0.717, 1.165) is 40.8 Å². The van der Waals surface area contributed by atoms with Crippen LogP contribution in [-0.4, -0.2) is 42.8 Å². The van der Waals surface area contributed by atoms with E-state index in [2.05, 4.69) is 40.9 Å². The van der Waals surface area contributed by atoms with E-state index in [1.54, 1.807) is 6.92 Å². The van der Waals surface area contributed by atoms with Crippen LogP contribution in [0.15, 0.2) is 36.9 Å². The van der Waals surface area contributed by atoms with E-state index in [1.165, 1.54) is 6.33 Å². The van der Waals surface area contributed by atoms with E-state index in [0.29, 0.717) is 5.92 Å². The molecule has 1 saturated heterocycles. The average molecular weight is 349 g/mol. The topological polar surface area (TPSA) is 74.8 Å². The molecule has 134 valence electrons. The number of likely N-dealkylation sites (tertiary alicyclic amines) is 1. The second-order valence-electron chi connectivity index (χ2n) is 7.23. The van der Waals surface area contributed by atoms with Gasteiger partial charge in [0.05, 0.1) is 5.69 Å². The Morgan fingerprint density at radius 1 is 1.23 bits per heavy atom. The summed E-state index contributed by atoms with van der Waals surface area (Å²) in [6.07, 6.45) is 7.18. The summed E-state index contributed by atoms with van der Waals surface area (Å²) in [7, 11) is 0. The Kier molecular flexibility index (Phi) is 4.18. The first-order chi connectivity index (χ1) is 12.5. The van der Waals surface area contributed by atoms with Gasteiger partial charge >= 0.3 is 0 Å². The van der Waals surface area contributed by atoms with Gasteiger partial charge in [0.15, 0.2) is 0 Å². The van der Waals surface area contributed by atoms with Crippen LogP contribution in [0.4, 0.5) is 0 Å². The van der Waals surface area contributed by atoms with Crippen LogP contribution in [0.1, 0.15) is 45.2 Å². The van der Waals surface area contributed by atoms with E-state index in [1.807, 2.05) is 23.4 Å². The quantitative estimate of drug-likeness (QED) is 0.768. The number of amides is 1. The summed E-state index contributed by atoms with van der Waals surface area (Å²) in [6, 6.07) is 6.65. The van der Waals surface area contributed by atoms with E-state index in [-0.39, 0.29) is 18.0 Å². The first-order valence-corrected chi connectivity index (χ1v) is 9.08. The molecule has 26 heavy (non-hydrogen) atoms. The van der Waals surface area contributed by atoms with Crippen molar-refractivity contribution in [2.24, 2.45) is 0 Å². The lowest BCUT2D eigenvalue weighted by atomic mass is 9.84. The van der Waals surface area contributed by atoms with Crippen molar-refractivity contribution in [2.45, 2.75) is 51.6 Å². The van der Waals surface area contributed by atoms with E-state index >= 15 is 0 Å². The van der Waals surface area contributed by atoms with Gasteiger partial charge in [-0.25, -0.2) is 9.97 Å². The van der Waals surface area contributed by atoms with Gasteiger partial charge in [-0.15, -0.1) is 0 Å². The van der Waals surface area contributed by atoms with Gasteiger partial charge in [0.25, 0.3) is 0 Å². The average Bonchev–Trinajstić information content (AvgIpc) is 3.05. The van der Waals surface area contributed by atoms with Crippen molar-refractivity contribution >= 4 is 16.9 Å². The number of carbonyl (C=O) groups is 1. The molecular weight excluding hydrogens is 326 g/mol. The lowest BCUT2D eigenvalue weighted by molar-refractivity contribution is -0.135. The summed E-state index contributed by atoms with van der Waals surface area (Å²) < 4.78 is 0. The van der Waals surface area contributed by atoms with Crippen LogP contribution < -0.4 is 0 Å².